The van der Waals surface area contributed by atoms with Crippen LogP contribution in [0, 0.1) is 0 Å². The van der Waals surface area contributed by atoms with Crippen molar-refractivity contribution in [2.24, 2.45) is 5.73 Å². The molecule has 0 aromatic heterocycles. The molecule has 3 nitrogen and oxygen atoms in total. The summed E-state index contributed by atoms with van der Waals surface area (Å²) in [6.07, 6.45) is 0. The lowest BCUT2D eigenvalue weighted by molar-refractivity contribution is 0.338. The zero-order chi connectivity index (χ0) is 13.7. The summed E-state index contributed by atoms with van der Waals surface area (Å²) < 4.78 is 11.2. The second-order valence-corrected chi connectivity index (χ2v) is 4.37. The normalized spacial score (nSPS) is 11.9. The Bertz CT molecular complexity index is 521. The van der Waals surface area contributed by atoms with Gasteiger partial charge in [0, 0.05) is 12.1 Å². The van der Waals surface area contributed by atoms with E-state index < -0.39 is 0 Å². The third-order valence-electron chi connectivity index (χ3n) is 2.76. The van der Waals surface area contributed by atoms with Gasteiger partial charge in [0.2, 0.25) is 0 Å². The van der Waals surface area contributed by atoms with Gasteiger partial charge in [-0.1, -0.05) is 18.2 Å². The number of rotatable bonds is 5. The fourth-order valence-corrected chi connectivity index (χ4v) is 1.77. The number of ether oxygens (including phenoxy) is 2. The van der Waals surface area contributed by atoms with Crippen LogP contribution in [-0.2, 0) is 0 Å². The van der Waals surface area contributed by atoms with Crippen LogP contribution in [0.15, 0.2) is 48.5 Å². The molecule has 2 rings (SSSR count). The zero-order valence-electron chi connectivity index (χ0n) is 11.3. The quantitative estimate of drug-likeness (QED) is 0.883. The predicted octanol–water partition coefficient (Wildman–Crippen LogP) is 3.90. The maximum atomic E-state index is 5.81. The summed E-state index contributed by atoms with van der Waals surface area (Å²) in [4.78, 5) is 0. The SMILES string of the molecule is CCOc1cccc(Oc2ccc([C@@H](C)N)cc2)c1. The van der Waals surface area contributed by atoms with Crippen molar-refractivity contribution < 1.29 is 9.47 Å². The molecule has 0 aliphatic rings. The summed E-state index contributed by atoms with van der Waals surface area (Å²) in [5.41, 5.74) is 6.91. The van der Waals surface area contributed by atoms with Crippen molar-refractivity contribution in [3.63, 3.8) is 0 Å². The fraction of sp³-hybridized carbons (Fsp3) is 0.250. The molecule has 0 heterocycles. The summed E-state index contributed by atoms with van der Waals surface area (Å²) in [6, 6.07) is 15.4. The lowest BCUT2D eigenvalue weighted by atomic mass is 10.1. The first-order chi connectivity index (χ1) is 9.19. The van der Waals surface area contributed by atoms with E-state index in [1.54, 1.807) is 0 Å². The van der Waals surface area contributed by atoms with Gasteiger partial charge in [-0.2, -0.15) is 0 Å². The summed E-state index contributed by atoms with van der Waals surface area (Å²) >= 11 is 0. The van der Waals surface area contributed by atoms with E-state index in [4.69, 9.17) is 15.2 Å². The van der Waals surface area contributed by atoms with Gasteiger partial charge in [0.1, 0.15) is 17.2 Å². The van der Waals surface area contributed by atoms with E-state index in [-0.39, 0.29) is 6.04 Å². The van der Waals surface area contributed by atoms with Gasteiger partial charge in [0.25, 0.3) is 0 Å². The predicted molar refractivity (Wildman–Crippen MR) is 76.7 cm³/mol. The highest BCUT2D eigenvalue weighted by atomic mass is 16.5. The largest absolute Gasteiger partial charge is 0.494 e. The monoisotopic (exact) mass is 257 g/mol. The lowest BCUT2D eigenvalue weighted by Crippen LogP contribution is -2.04. The number of hydrogen-bond donors (Lipinski definition) is 1. The van der Waals surface area contributed by atoms with Crippen molar-refractivity contribution in [1.29, 1.82) is 0 Å². The van der Waals surface area contributed by atoms with Crippen LogP contribution in [0.2, 0.25) is 0 Å². The van der Waals surface area contributed by atoms with Crippen molar-refractivity contribution in [2.45, 2.75) is 19.9 Å². The molecule has 0 bridgehead atoms. The molecule has 3 heteroatoms. The molecule has 19 heavy (non-hydrogen) atoms. The van der Waals surface area contributed by atoms with E-state index in [1.807, 2.05) is 62.4 Å². The number of benzene rings is 2. The van der Waals surface area contributed by atoms with Crippen LogP contribution >= 0.6 is 0 Å². The van der Waals surface area contributed by atoms with Crippen molar-refractivity contribution >= 4 is 0 Å². The van der Waals surface area contributed by atoms with Crippen molar-refractivity contribution in [1.82, 2.24) is 0 Å². The van der Waals surface area contributed by atoms with E-state index in [1.165, 1.54) is 0 Å². The summed E-state index contributed by atoms with van der Waals surface area (Å²) in [7, 11) is 0. The lowest BCUT2D eigenvalue weighted by Gasteiger charge is -2.10. The van der Waals surface area contributed by atoms with E-state index >= 15 is 0 Å². The Kier molecular flexibility index (Phi) is 4.42. The van der Waals surface area contributed by atoms with Crippen LogP contribution < -0.4 is 15.2 Å². The Balaban J connectivity index is 2.10. The molecular formula is C16H19NO2. The molecule has 100 valence electrons. The Labute approximate surface area is 114 Å². The van der Waals surface area contributed by atoms with Gasteiger partial charge in [0.05, 0.1) is 6.61 Å². The second-order valence-electron chi connectivity index (χ2n) is 4.37. The van der Waals surface area contributed by atoms with Crippen molar-refractivity contribution in [2.75, 3.05) is 6.61 Å². The highest BCUT2D eigenvalue weighted by Gasteiger charge is 2.02. The summed E-state index contributed by atoms with van der Waals surface area (Å²) in [6.45, 7) is 4.56. The molecule has 0 amide bonds. The first kappa shape index (κ1) is 13.4. The molecule has 0 saturated heterocycles. The first-order valence-electron chi connectivity index (χ1n) is 6.45. The van der Waals surface area contributed by atoms with Gasteiger partial charge in [-0.15, -0.1) is 0 Å². The third-order valence-corrected chi connectivity index (χ3v) is 2.76. The topological polar surface area (TPSA) is 44.5 Å². The van der Waals surface area contributed by atoms with Gasteiger partial charge in [0.15, 0.2) is 0 Å². The Morgan fingerprint density at radius 3 is 2.32 bits per heavy atom. The zero-order valence-corrected chi connectivity index (χ0v) is 11.3. The molecule has 2 aromatic carbocycles. The van der Waals surface area contributed by atoms with Gasteiger partial charge < -0.3 is 15.2 Å². The average molecular weight is 257 g/mol. The Morgan fingerprint density at radius 1 is 1.00 bits per heavy atom. The van der Waals surface area contributed by atoms with Gasteiger partial charge in [-0.05, 0) is 43.7 Å². The molecule has 0 unspecified atom stereocenters. The molecule has 0 aliphatic carbocycles. The van der Waals surface area contributed by atoms with E-state index in [0.717, 1.165) is 22.8 Å². The minimum absolute atomic E-state index is 0.0373. The minimum Gasteiger partial charge on any atom is -0.494 e. The smallest absolute Gasteiger partial charge is 0.131 e. The first-order valence-corrected chi connectivity index (χ1v) is 6.45. The molecule has 2 aromatic rings. The van der Waals surface area contributed by atoms with Crippen LogP contribution in [0.25, 0.3) is 0 Å². The minimum atomic E-state index is 0.0373. The molecule has 0 spiro atoms. The van der Waals surface area contributed by atoms with Crippen LogP contribution in [-0.4, -0.2) is 6.61 Å². The second kappa shape index (κ2) is 6.25. The highest BCUT2D eigenvalue weighted by Crippen LogP contribution is 2.26. The maximum absolute atomic E-state index is 5.81. The van der Waals surface area contributed by atoms with Gasteiger partial charge in [-0.25, -0.2) is 0 Å². The summed E-state index contributed by atoms with van der Waals surface area (Å²) in [5, 5.41) is 0. The van der Waals surface area contributed by atoms with Crippen LogP contribution in [0.1, 0.15) is 25.5 Å². The average Bonchev–Trinajstić information content (AvgIpc) is 2.40. The molecule has 0 aliphatic heterocycles. The maximum Gasteiger partial charge on any atom is 0.131 e. The fourth-order valence-electron chi connectivity index (χ4n) is 1.77. The summed E-state index contributed by atoms with van der Waals surface area (Å²) in [5.74, 6) is 2.37. The van der Waals surface area contributed by atoms with Crippen molar-refractivity contribution in [3.8, 4) is 17.2 Å². The molecule has 2 N–H and O–H groups in total. The number of nitrogens with two attached hydrogens (primary N) is 1. The van der Waals surface area contributed by atoms with E-state index in [9.17, 15) is 0 Å². The Hall–Kier alpha value is -2.00. The van der Waals surface area contributed by atoms with Crippen LogP contribution in [0.4, 0.5) is 0 Å². The molecule has 0 fully saturated rings. The van der Waals surface area contributed by atoms with E-state index in [2.05, 4.69) is 0 Å². The molecule has 0 radical (unpaired) electrons. The third kappa shape index (κ3) is 3.73. The van der Waals surface area contributed by atoms with Gasteiger partial charge >= 0.3 is 0 Å². The molecule has 0 saturated carbocycles. The molecular weight excluding hydrogens is 238 g/mol. The van der Waals surface area contributed by atoms with Crippen LogP contribution in [0.3, 0.4) is 0 Å². The van der Waals surface area contributed by atoms with E-state index in [0.29, 0.717) is 6.61 Å². The van der Waals surface area contributed by atoms with Gasteiger partial charge in [-0.3, -0.25) is 0 Å². The highest BCUT2D eigenvalue weighted by molar-refractivity contribution is 5.37. The van der Waals surface area contributed by atoms with Crippen molar-refractivity contribution in [3.05, 3.63) is 54.1 Å². The number of hydrogen-bond acceptors (Lipinski definition) is 3. The standard InChI is InChI=1S/C16H19NO2/c1-3-18-15-5-4-6-16(11-15)19-14-9-7-13(8-10-14)12(2)17/h4-12H,3,17H2,1-2H3/t12-/m1/s1. The Morgan fingerprint density at radius 2 is 1.68 bits per heavy atom. The molecule has 1 atom stereocenters. The van der Waals surface area contributed by atoms with Crippen LogP contribution in [0.5, 0.6) is 17.2 Å².